The van der Waals surface area contributed by atoms with Gasteiger partial charge in [0.05, 0.1) is 11.6 Å². The Kier molecular flexibility index (Phi) is 5.34. The van der Waals surface area contributed by atoms with E-state index in [-0.39, 0.29) is 11.6 Å². The van der Waals surface area contributed by atoms with Crippen LogP contribution in [-0.2, 0) is 0 Å². The van der Waals surface area contributed by atoms with Crippen LogP contribution in [0.3, 0.4) is 0 Å². The molecule has 3 aromatic rings. The van der Waals surface area contributed by atoms with E-state index < -0.39 is 0 Å². The second-order valence-electron chi connectivity index (χ2n) is 5.92. The van der Waals surface area contributed by atoms with E-state index in [0.717, 1.165) is 5.56 Å². The molecule has 0 aliphatic carbocycles. The number of aromatic nitrogens is 2. The van der Waals surface area contributed by atoms with Gasteiger partial charge in [-0.25, -0.2) is 9.97 Å². The number of anilines is 3. The van der Waals surface area contributed by atoms with Crippen LogP contribution in [0.1, 0.15) is 27.4 Å². The summed E-state index contributed by atoms with van der Waals surface area (Å²) in [5, 5.41) is 15.5. The highest BCUT2D eigenvalue weighted by molar-refractivity contribution is 6.30. The number of carbonyl (C=O) groups is 1. The summed E-state index contributed by atoms with van der Waals surface area (Å²) in [5.41, 5.74) is 2.98. The van der Waals surface area contributed by atoms with Crippen LogP contribution in [0.25, 0.3) is 0 Å². The van der Waals surface area contributed by atoms with Gasteiger partial charge in [0.25, 0.3) is 5.91 Å². The summed E-state index contributed by atoms with van der Waals surface area (Å²) in [6, 6.07) is 15.9. The minimum atomic E-state index is -0.347. The first-order chi connectivity index (χ1) is 12.9. The van der Waals surface area contributed by atoms with Gasteiger partial charge in [-0.15, -0.1) is 0 Å². The smallest absolute Gasteiger partial charge is 0.274 e. The zero-order valence-electron chi connectivity index (χ0n) is 14.7. The molecule has 1 amide bonds. The predicted molar refractivity (Wildman–Crippen MR) is 105 cm³/mol. The van der Waals surface area contributed by atoms with Crippen molar-refractivity contribution in [2.75, 3.05) is 10.6 Å². The summed E-state index contributed by atoms with van der Waals surface area (Å²) in [5.74, 6) is 0.574. The molecule has 0 aliphatic heterocycles. The Labute approximate surface area is 161 Å². The molecular weight excluding hydrogens is 362 g/mol. The van der Waals surface area contributed by atoms with E-state index in [0.29, 0.717) is 33.6 Å². The van der Waals surface area contributed by atoms with Gasteiger partial charge in [-0.2, -0.15) is 5.26 Å². The molecule has 1 heterocycles. The van der Waals surface area contributed by atoms with E-state index in [4.69, 9.17) is 16.9 Å². The molecule has 134 valence electrons. The van der Waals surface area contributed by atoms with Crippen LogP contribution < -0.4 is 10.6 Å². The Morgan fingerprint density at radius 1 is 1.11 bits per heavy atom. The van der Waals surface area contributed by atoms with E-state index in [1.807, 2.05) is 13.0 Å². The fourth-order valence-corrected chi connectivity index (χ4v) is 2.74. The molecule has 0 spiro atoms. The molecule has 0 unspecified atom stereocenters. The summed E-state index contributed by atoms with van der Waals surface area (Å²) in [4.78, 5) is 21.1. The van der Waals surface area contributed by atoms with E-state index in [1.165, 1.54) is 0 Å². The number of aryl methyl sites for hydroxylation is 2. The van der Waals surface area contributed by atoms with Gasteiger partial charge in [0.1, 0.15) is 17.3 Å². The number of nitrogens with one attached hydrogen (secondary N) is 2. The molecule has 7 heteroatoms. The van der Waals surface area contributed by atoms with Gasteiger partial charge in [-0.3, -0.25) is 4.79 Å². The fourth-order valence-electron chi connectivity index (χ4n) is 2.52. The average Bonchev–Trinajstić information content (AvgIpc) is 2.63. The highest BCUT2D eigenvalue weighted by Crippen LogP contribution is 2.21. The summed E-state index contributed by atoms with van der Waals surface area (Å²) >= 11 is 5.95. The minimum Gasteiger partial charge on any atom is -0.340 e. The molecule has 0 radical (unpaired) electrons. The van der Waals surface area contributed by atoms with Crippen molar-refractivity contribution in [2.24, 2.45) is 0 Å². The van der Waals surface area contributed by atoms with Crippen molar-refractivity contribution in [1.29, 1.82) is 5.26 Å². The largest absolute Gasteiger partial charge is 0.340 e. The molecule has 6 nitrogen and oxygen atoms in total. The van der Waals surface area contributed by atoms with Crippen LogP contribution in [0.5, 0.6) is 0 Å². The Hall–Kier alpha value is -3.43. The number of benzene rings is 2. The quantitative estimate of drug-likeness (QED) is 0.692. The molecule has 0 saturated heterocycles. The number of rotatable bonds is 4. The lowest BCUT2D eigenvalue weighted by Crippen LogP contribution is -2.16. The van der Waals surface area contributed by atoms with E-state index in [2.05, 4.69) is 26.7 Å². The van der Waals surface area contributed by atoms with Crippen molar-refractivity contribution in [2.45, 2.75) is 13.8 Å². The van der Waals surface area contributed by atoms with Gasteiger partial charge in [-0.1, -0.05) is 17.7 Å². The van der Waals surface area contributed by atoms with Gasteiger partial charge >= 0.3 is 0 Å². The first-order valence-electron chi connectivity index (χ1n) is 8.15. The van der Waals surface area contributed by atoms with Gasteiger partial charge in [-0.05, 0) is 55.8 Å². The maximum atomic E-state index is 12.6. The van der Waals surface area contributed by atoms with Gasteiger partial charge in [0.15, 0.2) is 0 Å². The number of hydrogen-bond donors (Lipinski definition) is 2. The van der Waals surface area contributed by atoms with E-state index >= 15 is 0 Å². The maximum absolute atomic E-state index is 12.6. The highest BCUT2D eigenvalue weighted by Gasteiger charge is 2.12. The topological polar surface area (TPSA) is 90.7 Å². The third kappa shape index (κ3) is 4.60. The second kappa shape index (κ2) is 7.85. The van der Waals surface area contributed by atoms with Crippen LogP contribution >= 0.6 is 11.6 Å². The Bertz CT molecular complexity index is 1060. The normalized spacial score (nSPS) is 10.1. The summed E-state index contributed by atoms with van der Waals surface area (Å²) < 4.78 is 0. The molecule has 0 atom stereocenters. The van der Waals surface area contributed by atoms with Crippen LogP contribution in [0.15, 0.2) is 48.5 Å². The van der Waals surface area contributed by atoms with Crippen molar-refractivity contribution in [3.63, 3.8) is 0 Å². The monoisotopic (exact) mass is 377 g/mol. The van der Waals surface area contributed by atoms with Gasteiger partial charge in [0, 0.05) is 22.5 Å². The number of amides is 1. The summed E-state index contributed by atoms with van der Waals surface area (Å²) in [6.45, 7) is 3.57. The first-order valence-corrected chi connectivity index (χ1v) is 8.53. The van der Waals surface area contributed by atoms with Crippen molar-refractivity contribution in [3.05, 3.63) is 76.2 Å². The van der Waals surface area contributed by atoms with Crippen LogP contribution in [0, 0.1) is 25.2 Å². The molecule has 0 bridgehead atoms. The van der Waals surface area contributed by atoms with Crippen molar-refractivity contribution < 1.29 is 4.79 Å². The lowest BCUT2D eigenvalue weighted by molar-refractivity contribution is 0.102. The summed E-state index contributed by atoms with van der Waals surface area (Å²) in [6.07, 6.45) is 0. The molecule has 2 N–H and O–H groups in total. The van der Waals surface area contributed by atoms with E-state index in [9.17, 15) is 4.79 Å². The lowest BCUT2D eigenvalue weighted by atomic mass is 10.2. The Morgan fingerprint density at radius 2 is 1.93 bits per heavy atom. The molecular formula is C20H16ClN5O. The predicted octanol–water partition coefficient (Wildman–Crippen LogP) is 4.61. The zero-order valence-corrected chi connectivity index (χ0v) is 15.5. The fraction of sp³-hybridized carbons (Fsp3) is 0.100. The number of carbonyl (C=O) groups excluding carboxylic acids is 1. The number of hydrogen-bond acceptors (Lipinski definition) is 5. The Morgan fingerprint density at radius 3 is 2.67 bits per heavy atom. The third-order valence-corrected chi connectivity index (χ3v) is 4.01. The van der Waals surface area contributed by atoms with Gasteiger partial charge in [0.2, 0.25) is 0 Å². The van der Waals surface area contributed by atoms with Crippen LogP contribution in [0.4, 0.5) is 17.2 Å². The molecule has 27 heavy (non-hydrogen) atoms. The molecule has 0 aliphatic rings. The maximum Gasteiger partial charge on any atom is 0.274 e. The minimum absolute atomic E-state index is 0.232. The number of halogens is 1. The molecule has 0 fully saturated rings. The van der Waals surface area contributed by atoms with Crippen LogP contribution in [-0.4, -0.2) is 15.9 Å². The second-order valence-corrected chi connectivity index (χ2v) is 6.35. The standard InChI is InChI=1S/C20H16ClN5O/c1-12-8-15(21)6-7-17(12)26-20(27)18-10-19(24-13(2)23-18)25-16-5-3-4-14(9-16)11-22/h3-10H,1-2H3,(H,26,27)(H,23,24,25). The van der Waals surface area contributed by atoms with E-state index in [1.54, 1.807) is 49.4 Å². The first kappa shape index (κ1) is 18.4. The van der Waals surface area contributed by atoms with Crippen molar-refractivity contribution in [3.8, 4) is 6.07 Å². The number of nitriles is 1. The van der Waals surface area contributed by atoms with Crippen molar-refractivity contribution in [1.82, 2.24) is 9.97 Å². The molecule has 2 aromatic carbocycles. The van der Waals surface area contributed by atoms with Gasteiger partial charge < -0.3 is 10.6 Å². The number of nitrogens with zero attached hydrogens (tertiary/aromatic N) is 3. The molecule has 3 rings (SSSR count). The SMILES string of the molecule is Cc1nc(Nc2cccc(C#N)c2)cc(C(=O)Nc2ccc(Cl)cc2C)n1. The zero-order chi connectivity index (χ0) is 19.4. The van der Waals surface area contributed by atoms with Crippen LogP contribution in [0.2, 0.25) is 5.02 Å². The Balaban J connectivity index is 1.84. The third-order valence-electron chi connectivity index (χ3n) is 3.77. The lowest BCUT2D eigenvalue weighted by Gasteiger charge is -2.11. The van der Waals surface area contributed by atoms with Crippen molar-refractivity contribution >= 4 is 34.7 Å². The molecule has 1 aromatic heterocycles. The average molecular weight is 378 g/mol. The molecule has 0 saturated carbocycles. The highest BCUT2D eigenvalue weighted by atomic mass is 35.5. The summed E-state index contributed by atoms with van der Waals surface area (Å²) in [7, 11) is 0.